The highest BCUT2D eigenvalue weighted by atomic mass is 79.9. The third-order valence-electron chi connectivity index (χ3n) is 4.77. The second kappa shape index (κ2) is 6.32. The molecule has 2 aliphatic heterocycles. The molecule has 116 valence electrons. The average molecular weight is 358 g/mol. The maximum atomic E-state index is 13.7. The van der Waals surface area contributed by atoms with Crippen molar-refractivity contribution in [1.29, 1.82) is 0 Å². The summed E-state index contributed by atoms with van der Waals surface area (Å²) in [6.07, 6.45) is 3.74. The summed E-state index contributed by atoms with van der Waals surface area (Å²) in [5, 5.41) is 0. The summed E-state index contributed by atoms with van der Waals surface area (Å²) in [5.74, 6) is 0.0771. The van der Waals surface area contributed by atoms with Crippen LogP contribution >= 0.6 is 15.9 Å². The van der Waals surface area contributed by atoms with Crippen molar-refractivity contribution >= 4 is 15.9 Å². The van der Waals surface area contributed by atoms with Crippen molar-refractivity contribution in [3.05, 3.63) is 34.1 Å². The Morgan fingerprint density at radius 2 is 2.05 bits per heavy atom. The lowest BCUT2D eigenvalue weighted by atomic mass is 9.76. The Hall–Kier alpha value is -0.490. The van der Waals surface area contributed by atoms with E-state index >= 15 is 0 Å². The number of rotatable bonds is 2. The molecule has 2 heterocycles. The molecule has 0 amide bonds. The van der Waals surface area contributed by atoms with E-state index in [1.807, 2.05) is 6.07 Å². The molecule has 2 saturated heterocycles. The summed E-state index contributed by atoms with van der Waals surface area (Å²) >= 11 is 3.18. The van der Waals surface area contributed by atoms with Gasteiger partial charge in [-0.25, -0.2) is 4.39 Å². The summed E-state index contributed by atoms with van der Waals surface area (Å²) in [4.78, 5) is 0. The molecule has 2 N–H and O–H groups in total. The van der Waals surface area contributed by atoms with Gasteiger partial charge in [0.15, 0.2) is 0 Å². The van der Waals surface area contributed by atoms with Gasteiger partial charge in [0.05, 0.1) is 10.1 Å². The van der Waals surface area contributed by atoms with E-state index in [1.165, 1.54) is 0 Å². The van der Waals surface area contributed by atoms with Crippen LogP contribution in [0, 0.1) is 11.7 Å². The maximum absolute atomic E-state index is 13.7. The monoisotopic (exact) mass is 357 g/mol. The van der Waals surface area contributed by atoms with Crippen molar-refractivity contribution in [2.75, 3.05) is 19.8 Å². The van der Waals surface area contributed by atoms with Crippen LogP contribution in [0.3, 0.4) is 0 Å². The summed E-state index contributed by atoms with van der Waals surface area (Å²) in [6.45, 7) is 2.25. The lowest BCUT2D eigenvalue weighted by Crippen LogP contribution is -2.46. The molecule has 2 aliphatic rings. The van der Waals surface area contributed by atoms with Crippen LogP contribution in [0.15, 0.2) is 22.7 Å². The Morgan fingerprint density at radius 1 is 1.29 bits per heavy atom. The lowest BCUT2D eigenvalue weighted by molar-refractivity contribution is -0.149. The van der Waals surface area contributed by atoms with Gasteiger partial charge in [0.1, 0.15) is 5.82 Å². The molecule has 2 fully saturated rings. The first-order valence-corrected chi connectivity index (χ1v) is 8.31. The van der Waals surface area contributed by atoms with Crippen molar-refractivity contribution in [2.24, 2.45) is 11.7 Å². The average Bonchev–Trinajstić information content (AvgIpc) is 2.50. The number of ether oxygens (including phenoxy) is 2. The van der Waals surface area contributed by atoms with Crippen LogP contribution in [0.25, 0.3) is 0 Å². The van der Waals surface area contributed by atoms with Gasteiger partial charge >= 0.3 is 0 Å². The van der Waals surface area contributed by atoms with Crippen LogP contribution in [-0.4, -0.2) is 25.4 Å². The molecule has 1 aromatic carbocycles. The standard InChI is InChI=1S/C16H21BrFNO2/c17-13-2-1-11(9-14(13)18)15(19)12-3-6-21-16(10-12)4-7-20-8-5-16/h1-2,9,12,15H,3-8,10,19H2. The molecule has 1 aromatic rings. The van der Waals surface area contributed by atoms with E-state index in [0.717, 1.165) is 51.1 Å². The van der Waals surface area contributed by atoms with Gasteiger partial charge in [-0.1, -0.05) is 6.07 Å². The Balaban J connectivity index is 1.74. The topological polar surface area (TPSA) is 44.5 Å². The van der Waals surface area contributed by atoms with Crippen LogP contribution in [0.2, 0.25) is 0 Å². The van der Waals surface area contributed by atoms with E-state index in [1.54, 1.807) is 12.1 Å². The molecule has 0 aliphatic carbocycles. The number of halogens is 2. The molecular weight excluding hydrogens is 337 g/mol. The Labute approximate surface area is 133 Å². The first kappa shape index (κ1) is 15.4. The molecule has 0 saturated carbocycles. The number of nitrogens with two attached hydrogens (primary N) is 1. The van der Waals surface area contributed by atoms with Crippen LogP contribution in [0.1, 0.15) is 37.3 Å². The molecule has 0 aromatic heterocycles. The molecular formula is C16H21BrFNO2. The molecule has 1 spiro atoms. The van der Waals surface area contributed by atoms with Gasteiger partial charge in [-0.2, -0.15) is 0 Å². The Bertz CT molecular complexity index is 500. The van der Waals surface area contributed by atoms with E-state index < -0.39 is 0 Å². The zero-order chi connectivity index (χ0) is 14.9. The van der Waals surface area contributed by atoms with Crippen LogP contribution in [0.4, 0.5) is 4.39 Å². The van der Waals surface area contributed by atoms with E-state index in [0.29, 0.717) is 10.4 Å². The highest BCUT2D eigenvalue weighted by Gasteiger charge is 2.40. The summed E-state index contributed by atoms with van der Waals surface area (Å²) in [7, 11) is 0. The molecule has 3 rings (SSSR count). The third kappa shape index (κ3) is 3.31. The zero-order valence-electron chi connectivity index (χ0n) is 12.0. The number of benzene rings is 1. The van der Waals surface area contributed by atoms with E-state index in [9.17, 15) is 4.39 Å². The van der Waals surface area contributed by atoms with Crippen molar-refractivity contribution in [3.8, 4) is 0 Å². The lowest BCUT2D eigenvalue weighted by Gasteiger charge is -2.44. The highest BCUT2D eigenvalue weighted by Crippen LogP contribution is 2.41. The van der Waals surface area contributed by atoms with E-state index in [2.05, 4.69) is 15.9 Å². The molecule has 2 atom stereocenters. The second-order valence-corrected chi connectivity index (χ2v) is 6.95. The molecule has 3 nitrogen and oxygen atoms in total. The Morgan fingerprint density at radius 3 is 2.76 bits per heavy atom. The smallest absolute Gasteiger partial charge is 0.137 e. The van der Waals surface area contributed by atoms with Crippen molar-refractivity contribution < 1.29 is 13.9 Å². The minimum atomic E-state index is -0.254. The predicted octanol–water partition coefficient (Wildman–Crippen LogP) is 3.56. The van der Waals surface area contributed by atoms with E-state index in [-0.39, 0.29) is 17.5 Å². The van der Waals surface area contributed by atoms with Crippen LogP contribution in [0.5, 0.6) is 0 Å². The predicted molar refractivity (Wildman–Crippen MR) is 82.5 cm³/mol. The van der Waals surface area contributed by atoms with E-state index in [4.69, 9.17) is 15.2 Å². The number of hydrogen-bond donors (Lipinski definition) is 1. The fraction of sp³-hybridized carbons (Fsp3) is 0.625. The minimum Gasteiger partial charge on any atom is -0.381 e. The highest BCUT2D eigenvalue weighted by molar-refractivity contribution is 9.10. The fourth-order valence-electron chi connectivity index (χ4n) is 3.46. The van der Waals surface area contributed by atoms with Gasteiger partial charge in [0.25, 0.3) is 0 Å². The summed E-state index contributed by atoms with van der Waals surface area (Å²) in [6, 6.07) is 5.04. The van der Waals surface area contributed by atoms with Gasteiger partial charge in [-0.3, -0.25) is 0 Å². The van der Waals surface area contributed by atoms with Crippen LogP contribution < -0.4 is 5.73 Å². The van der Waals surface area contributed by atoms with Gasteiger partial charge in [0.2, 0.25) is 0 Å². The van der Waals surface area contributed by atoms with Crippen LogP contribution in [-0.2, 0) is 9.47 Å². The Kier molecular flexibility index (Phi) is 4.64. The molecule has 0 bridgehead atoms. The van der Waals surface area contributed by atoms with Gasteiger partial charge in [0, 0.05) is 25.9 Å². The number of hydrogen-bond acceptors (Lipinski definition) is 3. The quantitative estimate of drug-likeness (QED) is 0.879. The van der Waals surface area contributed by atoms with Crippen molar-refractivity contribution in [3.63, 3.8) is 0 Å². The van der Waals surface area contributed by atoms with Crippen molar-refractivity contribution in [2.45, 2.75) is 37.3 Å². The molecule has 2 unspecified atom stereocenters. The normalized spacial score (nSPS) is 26.7. The summed E-state index contributed by atoms with van der Waals surface area (Å²) < 4.78 is 25.7. The van der Waals surface area contributed by atoms with Gasteiger partial charge < -0.3 is 15.2 Å². The SMILES string of the molecule is NC(c1ccc(Br)c(F)c1)C1CCOC2(CCOCC2)C1. The van der Waals surface area contributed by atoms with Gasteiger partial charge in [-0.15, -0.1) is 0 Å². The first-order valence-electron chi connectivity index (χ1n) is 7.52. The first-order chi connectivity index (χ1) is 10.1. The van der Waals surface area contributed by atoms with Crippen molar-refractivity contribution in [1.82, 2.24) is 0 Å². The minimum absolute atomic E-state index is 0.0767. The largest absolute Gasteiger partial charge is 0.381 e. The molecule has 21 heavy (non-hydrogen) atoms. The third-order valence-corrected chi connectivity index (χ3v) is 5.41. The zero-order valence-corrected chi connectivity index (χ0v) is 13.6. The second-order valence-electron chi connectivity index (χ2n) is 6.10. The summed E-state index contributed by atoms with van der Waals surface area (Å²) in [5.41, 5.74) is 7.20. The maximum Gasteiger partial charge on any atom is 0.137 e. The fourth-order valence-corrected chi connectivity index (χ4v) is 3.70. The van der Waals surface area contributed by atoms with Gasteiger partial charge in [-0.05, 0) is 65.2 Å². The molecule has 5 heteroatoms. The molecule has 0 radical (unpaired) electrons.